The first-order valence-electron chi connectivity index (χ1n) is 7.82. The van der Waals surface area contributed by atoms with Crippen molar-refractivity contribution in [2.45, 2.75) is 38.1 Å². The molecule has 0 saturated carbocycles. The molecule has 3 aliphatic rings. The summed E-state index contributed by atoms with van der Waals surface area (Å²) in [5, 5.41) is 0. The number of hydrogen-bond acceptors (Lipinski definition) is 4. The van der Waals surface area contributed by atoms with Crippen molar-refractivity contribution in [2.75, 3.05) is 45.9 Å². The van der Waals surface area contributed by atoms with Crippen molar-refractivity contribution in [3.05, 3.63) is 0 Å². The molecule has 1 unspecified atom stereocenters. The summed E-state index contributed by atoms with van der Waals surface area (Å²) < 4.78 is 5.41. The summed E-state index contributed by atoms with van der Waals surface area (Å²) >= 11 is 0. The SMILES string of the molecule is O=CC1(CN2CCC(N3CCCC3)C2)CCOCC1. The molecule has 3 fully saturated rings. The molecule has 3 heterocycles. The van der Waals surface area contributed by atoms with Crippen LogP contribution in [0.3, 0.4) is 0 Å². The zero-order chi connectivity index (χ0) is 13.1. The average Bonchev–Trinajstić information content (AvgIpc) is 3.10. The van der Waals surface area contributed by atoms with Gasteiger partial charge in [-0.1, -0.05) is 0 Å². The molecule has 3 rings (SSSR count). The number of nitrogens with zero attached hydrogens (tertiary/aromatic N) is 2. The third kappa shape index (κ3) is 3.01. The smallest absolute Gasteiger partial charge is 0.127 e. The van der Waals surface area contributed by atoms with Gasteiger partial charge in [-0.2, -0.15) is 0 Å². The van der Waals surface area contributed by atoms with E-state index in [4.69, 9.17) is 4.74 Å². The lowest BCUT2D eigenvalue weighted by molar-refractivity contribution is -0.122. The van der Waals surface area contributed by atoms with Gasteiger partial charge in [0.2, 0.25) is 0 Å². The van der Waals surface area contributed by atoms with E-state index in [2.05, 4.69) is 9.80 Å². The number of aldehydes is 1. The summed E-state index contributed by atoms with van der Waals surface area (Å²) in [6, 6.07) is 0.742. The zero-order valence-electron chi connectivity index (χ0n) is 11.9. The number of carbonyl (C=O) groups is 1. The maximum atomic E-state index is 11.5. The maximum Gasteiger partial charge on any atom is 0.127 e. The molecule has 0 aliphatic carbocycles. The topological polar surface area (TPSA) is 32.8 Å². The fourth-order valence-corrected chi connectivity index (χ4v) is 3.90. The summed E-state index contributed by atoms with van der Waals surface area (Å²) in [4.78, 5) is 16.7. The highest BCUT2D eigenvalue weighted by atomic mass is 16.5. The molecule has 0 radical (unpaired) electrons. The second-order valence-electron chi connectivity index (χ2n) is 6.51. The largest absolute Gasteiger partial charge is 0.381 e. The highest BCUT2D eigenvalue weighted by Crippen LogP contribution is 2.31. The van der Waals surface area contributed by atoms with Crippen LogP contribution in [0.2, 0.25) is 0 Å². The Labute approximate surface area is 116 Å². The molecule has 0 aromatic rings. The van der Waals surface area contributed by atoms with Crippen LogP contribution in [-0.4, -0.2) is 68.1 Å². The van der Waals surface area contributed by atoms with Crippen LogP contribution < -0.4 is 0 Å². The molecule has 1 atom stereocenters. The Morgan fingerprint density at radius 1 is 1.16 bits per heavy atom. The van der Waals surface area contributed by atoms with Crippen LogP contribution in [0.1, 0.15) is 32.1 Å². The van der Waals surface area contributed by atoms with Crippen molar-refractivity contribution in [1.82, 2.24) is 9.80 Å². The molecule has 0 bridgehead atoms. The second-order valence-corrected chi connectivity index (χ2v) is 6.51. The van der Waals surface area contributed by atoms with Gasteiger partial charge in [0.05, 0.1) is 0 Å². The van der Waals surface area contributed by atoms with Crippen LogP contribution in [-0.2, 0) is 9.53 Å². The number of likely N-dealkylation sites (tertiary alicyclic amines) is 2. The van der Waals surface area contributed by atoms with Gasteiger partial charge in [0, 0.05) is 37.8 Å². The first kappa shape index (κ1) is 13.5. The van der Waals surface area contributed by atoms with E-state index < -0.39 is 0 Å². The van der Waals surface area contributed by atoms with Gasteiger partial charge in [0.15, 0.2) is 0 Å². The zero-order valence-corrected chi connectivity index (χ0v) is 11.9. The average molecular weight is 266 g/mol. The van der Waals surface area contributed by atoms with Crippen LogP contribution in [0.4, 0.5) is 0 Å². The fourth-order valence-electron chi connectivity index (χ4n) is 3.90. The third-order valence-corrected chi connectivity index (χ3v) is 5.18. The molecule has 0 aromatic carbocycles. The van der Waals surface area contributed by atoms with Gasteiger partial charge >= 0.3 is 0 Å². The normalized spacial score (nSPS) is 32.7. The Kier molecular flexibility index (Phi) is 4.20. The van der Waals surface area contributed by atoms with Crippen LogP contribution in [0.15, 0.2) is 0 Å². The lowest BCUT2D eigenvalue weighted by Gasteiger charge is -2.35. The molecule has 3 aliphatic heterocycles. The Hall–Kier alpha value is -0.450. The number of rotatable bonds is 4. The van der Waals surface area contributed by atoms with Gasteiger partial charge < -0.3 is 14.4 Å². The molecule has 4 heteroatoms. The first-order chi connectivity index (χ1) is 9.31. The fraction of sp³-hybridized carbons (Fsp3) is 0.933. The number of ether oxygens (including phenoxy) is 1. The van der Waals surface area contributed by atoms with Crippen molar-refractivity contribution in [3.63, 3.8) is 0 Å². The van der Waals surface area contributed by atoms with Crippen molar-refractivity contribution in [3.8, 4) is 0 Å². The summed E-state index contributed by atoms with van der Waals surface area (Å²) in [6.07, 6.45) is 7.03. The minimum atomic E-state index is -0.127. The highest BCUT2D eigenvalue weighted by molar-refractivity contribution is 5.60. The standard InChI is InChI=1S/C15H26N2O2/c18-13-15(4-9-19-10-5-15)12-16-8-3-14(11-16)17-6-1-2-7-17/h13-14H,1-12H2. The summed E-state index contributed by atoms with van der Waals surface area (Å²) in [5.41, 5.74) is -0.127. The van der Waals surface area contributed by atoms with E-state index in [9.17, 15) is 4.79 Å². The van der Waals surface area contributed by atoms with Crippen molar-refractivity contribution in [1.29, 1.82) is 0 Å². The molecule has 3 saturated heterocycles. The van der Waals surface area contributed by atoms with Crippen molar-refractivity contribution >= 4 is 6.29 Å². The monoisotopic (exact) mass is 266 g/mol. The van der Waals surface area contributed by atoms with Gasteiger partial charge in [0.25, 0.3) is 0 Å². The Balaban J connectivity index is 1.54. The van der Waals surface area contributed by atoms with Gasteiger partial charge in [-0.25, -0.2) is 0 Å². The minimum Gasteiger partial charge on any atom is -0.381 e. The Bertz CT molecular complexity index is 309. The molecule has 0 spiro atoms. The summed E-state index contributed by atoms with van der Waals surface area (Å²) in [7, 11) is 0. The summed E-state index contributed by atoms with van der Waals surface area (Å²) in [5.74, 6) is 0. The quantitative estimate of drug-likeness (QED) is 0.715. The van der Waals surface area contributed by atoms with Gasteiger partial charge in [0.1, 0.15) is 6.29 Å². The number of hydrogen-bond donors (Lipinski definition) is 0. The van der Waals surface area contributed by atoms with Gasteiger partial charge in [-0.05, 0) is 51.7 Å². The first-order valence-corrected chi connectivity index (χ1v) is 7.82. The predicted molar refractivity (Wildman–Crippen MR) is 74.2 cm³/mol. The Morgan fingerprint density at radius 2 is 1.89 bits per heavy atom. The Morgan fingerprint density at radius 3 is 2.58 bits per heavy atom. The second kappa shape index (κ2) is 5.90. The lowest BCUT2D eigenvalue weighted by atomic mass is 9.81. The maximum absolute atomic E-state index is 11.5. The predicted octanol–water partition coefficient (Wildman–Crippen LogP) is 1.15. The van der Waals surface area contributed by atoms with E-state index >= 15 is 0 Å². The molecular weight excluding hydrogens is 240 g/mol. The molecule has 0 amide bonds. The van der Waals surface area contributed by atoms with E-state index in [1.165, 1.54) is 38.6 Å². The number of carbonyl (C=O) groups excluding carboxylic acids is 1. The molecular formula is C15H26N2O2. The molecule has 108 valence electrons. The molecule has 19 heavy (non-hydrogen) atoms. The van der Waals surface area contributed by atoms with E-state index in [0.717, 1.165) is 51.7 Å². The van der Waals surface area contributed by atoms with E-state index in [0.29, 0.717) is 0 Å². The molecule has 0 aromatic heterocycles. The van der Waals surface area contributed by atoms with Crippen LogP contribution >= 0.6 is 0 Å². The van der Waals surface area contributed by atoms with Gasteiger partial charge in [-0.3, -0.25) is 4.90 Å². The van der Waals surface area contributed by atoms with Crippen LogP contribution in [0.25, 0.3) is 0 Å². The molecule has 4 nitrogen and oxygen atoms in total. The van der Waals surface area contributed by atoms with Crippen molar-refractivity contribution < 1.29 is 9.53 Å². The minimum absolute atomic E-state index is 0.127. The molecule has 0 N–H and O–H groups in total. The lowest BCUT2D eigenvalue weighted by Crippen LogP contribution is -2.43. The van der Waals surface area contributed by atoms with Gasteiger partial charge in [-0.15, -0.1) is 0 Å². The van der Waals surface area contributed by atoms with Crippen LogP contribution in [0.5, 0.6) is 0 Å². The van der Waals surface area contributed by atoms with Crippen LogP contribution in [0, 0.1) is 5.41 Å². The van der Waals surface area contributed by atoms with Crippen molar-refractivity contribution in [2.24, 2.45) is 5.41 Å². The highest BCUT2D eigenvalue weighted by Gasteiger charge is 2.37. The van der Waals surface area contributed by atoms with E-state index in [1.807, 2.05) is 0 Å². The third-order valence-electron chi connectivity index (χ3n) is 5.18. The summed E-state index contributed by atoms with van der Waals surface area (Å²) in [6.45, 7) is 7.35. The van der Waals surface area contributed by atoms with E-state index in [-0.39, 0.29) is 5.41 Å². The van der Waals surface area contributed by atoms with E-state index in [1.54, 1.807) is 0 Å².